The Kier molecular flexibility index (Phi) is 6.76. The fourth-order valence-electron chi connectivity index (χ4n) is 3.35. The molecule has 1 saturated heterocycles. The summed E-state index contributed by atoms with van der Waals surface area (Å²) in [5.74, 6) is 0.855. The lowest BCUT2D eigenvalue weighted by molar-refractivity contribution is 0.0730. The highest BCUT2D eigenvalue weighted by Gasteiger charge is 2.19. The van der Waals surface area contributed by atoms with Crippen molar-refractivity contribution in [1.82, 2.24) is 20.2 Å². The van der Waals surface area contributed by atoms with Crippen molar-refractivity contribution in [3.8, 4) is 11.3 Å². The zero-order chi connectivity index (χ0) is 19.1. The summed E-state index contributed by atoms with van der Waals surface area (Å²) >= 11 is 0. The monoisotopic (exact) mass is 367 g/mol. The zero-order valence-corrected chi connectivity index (χ0v) is 16.2. The lowest BCUT2D eigenvalue weighted by Gasteiger charge is -2.27. The smallest absolute Gasteiger partial charge is 0.272 e. The van der Waals surface area contributed by atoms with E-state index in [1.54, 1.807) is 12.3 Å². The summed E-state index contributed by atoms with van der Waals surface area (Å²) in [6.07, 6.45) is 5.12. The fraction of sp³-hybridized carbons (Fsp3) is 0.476. The Morgan fingerprint density at radius 3 is 2.81 bits per heavy atom. The third kappa shape index (κ3) is 5.04. The van der Waals surface area contributed by atoms with Gasteiger partial charge in [0.2, 0.25) is 0 Å². The van der Waals surface area contributed by atoms with E-state index in [1.807, 2.05) is 29.2 Å². The molecule has 144 valence electrons. The third-order valence-corrected chi connectivity index (χ3v) is 4.91. The van der Waals surface area contributed by atoms with Crippen LogP contribution in [0, 0.1) is 0 Å². The van der Waals surface area contributed by atoms with Crippen LogP contribution in [-0.2, 0) is 0 Å². The van der Waals surface area contributed by atoms with Gasteiger partial charge in [0.05, 0.1) is 5.69 Å². The van der Waals surface area contributed by atoms with Crippen LogP contribution in [0.4, 0.5) is 5.82 Å². The number of nitrogens with zero attached hydrogens (tertiary/aromatic N) is 3. The highest BCUT2D eigenvalue weighted by Crippen LogP contribution is 2.21. The molecule has 6 heteroatoms. The minimum Gasteiger partial charge on any atom is -0.367 e. The first-order valence-electron chi connectivity index (χ1n) is 9.91. The SMILES string of the molecule is CCCC(CC)Nc1cc(-c2cccc(C(=O)N3CCNCC3)n2)ccn1. The van der Waals surface area contributed by atoms with Gasteiger partial charge in [-0.3, -0.25) is 4.79 Å². The van der Waals surface area contributed by atoms with Crippen molar-refractivity contribution in [3.63, 3.8) is 0 Å². The molecule has 0 saturated carbocycles. The van der Waals surface area contributed by atoms with Gasteiger partial charge in [0.25, 0.3) is 5.91 Å². The molecule has 1 amide bonds. The lowest BCUT2D eigenvalue weighted by atomic mass is 10.1. The van der Waals surface area contributed by atoms with Crippen LogP contribution in [0.15, 0.2) is 36.5 Å². The van der Waals surface area contributed by atoms with E-state index >= 15 is 0 Å². The lowest BCUT2D eigenvalue weighted by Crippen LogP contribution is -2.46. The van der Waals surface area contributed by atoms with Gasteiger partial charge in [-0.05, 0) is 37.1 Å². The van der Waals surface area contributed by atoms with Gasteiger partial charge in [-0.2, -0.15) is 0 Å². The predicted molar refractivity (Wildman–Crippen MR) is 109 cm³/mol. The van der Waals surface area contributed by atoms with Gasteiger partial charge >= 0.3 is 0 Å². The van der Waals surface area contributed by atoms with Gasteiger partial charge in [0.15, 0.2) is 0 Å². The molecule has 2 aromatic rings. The Morgan fingerprint density at radius 2 is 2.07 bits per heavy atom. The third-order valence-electron chi connectivity index (χ3n) is 4.91. The number of carbonyl (C=O) groups is 1. The summed E-state index contributed by atoms with van der Waals surface area (Å²) in [6.45, 7) is 7.50. The Bertz CT molecular complexity index is 758. The number of anilines is 1. The van der Waals surface area contributed by atoms with Gasteiger partial charge in [0.1, 0.15) is 11.5 Å². The molecule has 6 nitrogen and oxygen atoms in total. The van der Waals surface area contributed by atoms with E-state index in [0.29, 0.717) is 11.7 Å². The van der Waals surface area contributed by atoms with E-state index in [1.165, 1.54) is 0 Å². The molecule has 0 aliphatic carbocycles. The largest absolute Gasteiger partial charge is 0.367 e. The van der Waals surface area contributed by atoms with Crippen LogP contribution in [-0.4, -0.2) is 53.0 Å². The maximum absolute atomic E-state index is 12.7. The average Bonchev–Trinajstić information content (AvgIpc) is 2.74. The van der Waals surface area contributed by atoms with Gasteiger partial charge in [-0.15, -0.1) is 0 Å². The van der Waals surface area contributed by atoms with E-state index in [-0.39, 0.29) is 5.91 Å². The van der Waals surface area contributed by atoms with E-state index in [9.17, 15) is 4.79 Å². The molecule has 0 spiro atoms. The summed E-state index contributed by atoms with van der Waals surface area (Å²) in [4.78, 5) is 23.6. The standard InChI is InChI=1S/C21H29N5O/c1-3-6-17(4-2)24-20-15-16(9-10-23-20)18-7-5-8-19(25-18)21(27)26-13-11-22-12-14-26/h5,7-10,15,17,22H,3-4,6,11-14H2,1-2H3,(H,23,24). The summed E-state index contributed by atoms with van der Waals surface area (Å²) in [5.41, 5.74) is 2.26. The highest BCUT2D eigenvalue weighted by atomic mass is 16.2. The minimum atomic E-state index is -0.000234. The maximum atomic E-state index is 12.7. The number of nitrogens with one attached hydrogen (secondary N) is 2. The van der Waals surface area contributed by atoms with Crippen molar-refractivity contribution >= 4 is 11.7 Å². The molecule has 1 aliphatic heterocycles. The molecule has 1 unspecified atom stereocenters. The second-order valence-electron chi connectivity index (χ2n) is 6.92. The Morgan fingerprint density at radius 1 is 1.26 bits per heavy atom. The molecule has 2 aromatic heterocycles. The van der Waals surface area contributed by atoms with E-state index in [4.69, 9.17) is 0 Å². The van der Waals surface area contributed by atoms with Crippen LogP contribution in [0.3, 0.4) is 0 Å². The van der Waals surface area contributed by atoms with E-state index in [0.717, 1.165) is 62.5 Å². The molecule has 0 bridgehead atoms. The topological polar surface area (TPSA) is 70.2 Å². The predicted octanol–water partition coefficient (Wildman–Crippen LogP) is 3.18. The summed E-state index contributed by atoms with van der Waals surface area (Å²) < 4.78 is 0. The molecule has 1 aliphatic rings. The van der Waals surface area contributed by atoms with Crippen LogP contribution in [0.25, 0.3) is 11.3 Å². The van der Waals surface area contributed by atoms with Crippen LogP contribution in [0.2, 0.25) is 0 Å². The first-order chi connectivity index (χ1) is 13.2. The quantitative estimate of drug-likeness (QED) is 0.786. The zero-order valence-electron chi connectivity index (χ0n) is 16.2. The molecule has 1 fully saturated rings. The summed E-state index contributed by atoms with van der Waals surface area (Å²) in [5, 5.41) is 6.77. The number of hydrogen-bond donors (Lipinski definition) is 2. The molecule has 0 aromatic carbocycles. The molecular formula is C21H29N5O. The number of rotatable bonds is 7. The van der Waals surface area contributed by atoms with Crippen molar-refractivity contribution in [2.45, 2.75) is 39.2 Å². The van der Waals surface area contributed by atoms with Crippen molar-refractivity contribution in [2.75, 3.05) is 31.5 Å². The number of aromatic nitrogens is 2. The average molecular weight is 367 g/mol. The number of carbonyl (C=O) groups excluding carboxylic acids is 1. The van der Waals surface area contributed by atoms with Gasteiger partial charge in [-0.1, -0.05) is 26.3 Å². The first kappa shape index (κ1) is 19.3. The van der Waals surface area contributed by atoms with Crippen molar-refractivity contribution in [1.29, 1.82) is 0 Å². The molecule has 0 radical (unpaired) electrons. The van der Waals surface area contributed by atoms with Gasteiger partial charge in [-0.25, -0.2) is 9.97 Å². The molecule has 27 heavy (non-hydrogen) atoms. The molecule has 3 rings (SSSR count). The minimum absolute atomic E-state index is 0.000234. The van der Waals surface area contributed by atoms with Crippen LogP contribution in [0.1, 0.15) is 43.6 Å². The fourth-order valence-corrected chi connectivity index (χ4v) is 3.35. The second-order valence-corrected chi connectivity index (χ2v) is 6.92. The molecule has 2 N–H and O–H groups in total. The normalized spacial score (nSPS) is 15.4. The van der Waals surface area contributed by atoms with Crippen molar-refractivity contribution in [3.05, 3.63) is 42.2 Å². The Labute approximate surface area is 161 Å². The van der Waals surface area contributed by atoms with Gasteiger partial charge in [0, 0.05) is 44.0 Å². The summed E-state index contributed by atoms with van der Waals surface area (Å²) in [7, 11) is 0. The Balaban J connectivity index is 1.78. The van der Waals surface area contributed by atoms with E-state index in [2.05, 4.69) is 34.4 Å². The molecule has 1 atom stereocenters. The second kappa shape index (κ2) is 9.46. The van der Waals surface area contributed by atoms with Gasteiger partial charge < -0.3 is 15.5 Å². The van der Waals surface area contributed by atoms with Crippen molar-refractivity contribution in [2.24, 2.45) is 0 Å². The van der Waals surface area contributed by atoms with E-state index < -0.39 is 0 Å². The molecule has 3 heterocycles. The Hall–Kier alpha value is -2.47. The van der Waals surface area contributed by atoms with Crippen molar-refractivity contribution < 1.29 is 4.79 Å². The van der Waals surface area contributed by atoms with Crippen LogP contribution < -0.4 is 10.6 Å². The number of hydrogen-bond acceptors (Lipinski definition) is 5. The van der Waals surface area contributed by atoms with Crippen LogP contribution >= 0.6 is 0 Å². The number of amides is 1. The first-order valence-corrected chi connectivity index (χ1v) is 9.91. The maximum Gasteiger partial charge on any atom is 0.272 e. The number of pyridine rings is 2. The summed E-state index contributed by atoms with van der Waals surface area (Å²) in [6, 6.07) is 10.0. The number of piperazine rings is 1. The van der Waals surface area contributed by atoms with Crippen LogP contribution in [0.5, 0.6) is 0 Å². The molecular weight excluding hydrogens is 338 g/mol. The highest BCUT2D eigenvalue weighted by molar-refractivity contribution is 5.93.